The summed E-state index contributed by atoms with van der Waals surface area (Å²) >= 11 is 0. The van der Waals surface area contributed by atoms with Crippen LogP contribution in [0.25, 0.3) is 0 Å². The van der Waals surface area contributed by atoms with Gasteiger partial charge in [-0.25, -0.2) is 4.79 Å². The highest BCUT2D eigenvalue weighted by Crippen LogP contribution is 2.44. The molecule has 18 atom stereocenters. The Labute approximate surface area is 388 Å². The number of terminal acetylenes is 1. The maximum absolute atomic E-state index is 14.8. The molecule has 4 aliphatic heterocycles. The Morgan fingerprint density at radius 1 is 0.969 bits per heavy atom. The van der Waals surface area contributed by atoms with Gasteiger partial charge in [-0.05, 0) is 73.4 Å². The molecule has 16 heteroatoms. The summed E-state index contributed by atoms with van der Waals surface area (Å²) in [4.78, 5) is 47.0. The maximum atomic E-state index is 14.8. The number of carbonyl (C=O) groups is 3. The number of hydrogen-bond acceptors (Lipinski definition) is 16. The summed E-state index contributed by atoms with van der Waals surface area (Å²) in [6.45, 7) is 28.2. The molecular formula is C49H80N2O14. The molecule has 2 unspecified atom stereocenters. The lowest BCUT2D eigenvalue weighted by Gasteiger charge is -2.51. The van der Waals surface area contributed by atoms with Crippen LogP contribution >= 0.6 is 0 Å². The Hall–Kier alpha value is -2.98. The van der Waals surface area contributed by atoms with Crippen LogP contribution in [0.2, 0.25) is 0 Å². The van der Waals surface area contributed by atoms with Crippen LogP contribution in [-0.4, -0.2) is 146 Å². The third kappa shape index (κ3) is 13.0. The van der Waals surface area contributed by atoms with Crippen LogP contribution in [0.4, 0.5) is 0 Å². The van der Waals surface area contributed by atoms with Gasteiger partial charge in [0.15, 0.2) is 18.7 Å². The molecule has 0 aromatic carbocycles. The van der Waals surface area contributed by atoms with Gasteiger partial charge in [-0.15, -0.1) is 12.3 Å². The van der Waals surface area contributed by atoms with Crippen LogP contribution in [0.15, 0.2) is 17.3 Å². The molecule has 4 aliphatic rings. The molecule has 1 N–H and O–H groups in total. The van der Waals surface area contributed by atoms with Gasteiger partial charge in [-0.2, -0.15) is 0 Å². The third-order valence-electron chi connectivity index (χ3n) is 14.3. The summed E-state index contributed by atoms with van der Waals surface area (Å²) < 4.78 is 59.3. The zero-order chi connectivity index (χ0) is 48.8. The first-order valence-electron chi connectivity index (χ1n) is 23.4. The predicted octanol–water partition coefficient (Wildman–Crippen LogP) is 5.99. The largest absolute Gasteiger partial charge is 0.459 e. The summed E-state index contributed by atoms with van der Waals surface area (Å²) in [5.41, 5.74) is -3.03. The summed E-state index contributed by atoms with van der Waals surface area (Å²) in [6, 6.07) is 0.0528. The highest BCUT2D eigenvalue weighted by atomic mass is 16.7. The minimum Gasteiger partial charge on any atom is -0.459 e. The number of carbonyl (C=O) groups excluding carboxylic acids is 3. The molecule has 370 valence electrons. The Morgan fingerprint density at radius 2 is 1.65 bits per heavy atom. The monoisotopic (exact) mass is 921 g/mol. The summed E-state index contributed by atoms with van der Waals surface area (Å²) in [5, 5.41) is 17.0. The minimum absolute atomic E-state index is 0.0141. The van der Waals surface area contributed by atoms with E-state index in [1.807, 2.05) is 48.5 Å². The van der Waals surface area contributed by atoms with Crippen LogP contribution in [0, 0.1) is 41.9 Å². The molecule has 16 nitrogen and oxygen atoms in total. The lowest BCUT2D eigenvalue weighted by molar-refractivity contribution is -0.316. The highest BCUT2D eigenvalue weighted by Gasteiger charge is 2.55. The van der Waals surface area contributed by atoms with Gasteiger partial charge < -0.3 is 57.5 Å². The lowest BCUT2D eigenvalue weighted by Crippen LogP contribution is -2.61. The molecule has 0 spiro atoms. The first kappa shape index (κ1) is 54.6. The van der Waals surface area contributed by atoms with Crippen molar-refractivity contribution >= 4 is 23.6 Å². The van der Waals surface area contributed by atoms with Crippen molar-refractivity contribution in [3.05, 3.63) is 12.2 Å². The molecule has 2 bridgehead atoms. The van der Waals surface area contributed by atoms with Crippen molar-refractivity contribution in [1.29, 1.82) is 0 Å². The van der Waals surface area contributed by atoms with Gasteiger partial charge in [0, 0.05) is 70.1 Å². The number of rotatable bonds is 11. The van der Waals surface area contributed by atoms with Gasteiger partial charge in [-0.3, -0.25) is 9.59 Å². The summed E-state index contributed by atoms with van der Waals surface area (Å²) in [7, 11) is 3.60. The van der Waals surface area contributed by atoms with E-state index in [9.17, 15) is 19.5 Å². The van der Waals surface area contributed by atoms with Gasteiger partial charge in [0.05, 0.1) is 61.0 Å². The fourth-order valence-electron chi connectivity index (χ4n) is 10.7. The molecule has 0 aromatic heterocycles. The van der Waals surface area contributed by atoms with Crippen molar-refractivity contribution in [3.8, 4) is 12.3 Å². The van der Waals surface area contributed by atoms with Crippen molar-refractivity contribution in [3.63, 3.8) is 0 Å². The van der Waals surface area contributed by atoms with Crippen molar-refractivity contribution in [2.45, 2.75) is 200 Å². The third-order valence-corrected chi connectivity index (χ3v) is 14.3. The number of nitrogens with zero attached hydrogens (tertiary/aromatic N) is 2. The van der Waals surface area contributed by atoms with E-state index in [0.717, 1.165) is 6.42 Å². The van der Waals surface area contributed by atoms with E-state index in [-0.39, 0.29) is 50.5 Å². The van der Waals surface area contributed by atoms with Crippen LogP contribution in [0.5, 0.6) is 0 Å². The Morgan fingerprint density at radius 3 is 2.25 bits per heavy atom. The van der Waals surface area contributed by atoms with E-state index < -0.39 is 108 Å². The molecule has 0 aromatic rings. The molecule has 0 aliphatic carbocycles. The Balaban J connectivity index is 1.99. The number of ether oxygens (including phenoxy) is 9. The van der Waals surface area contributed by atoms with Gasteiger partial charge in [0.2, 0.25) is 0 Å². The van der Waals surface area contributed by atoms with E-state index in [1.165, 1.54) is 13.8 Å². The Kier molecular flexibility index (Phi) is 19.2. The molecule has 0 saturated carbocycles. The number of hydrogen-bond donors (Lipinski definition) is 1. The van der Waals surface area contributed by atoms with Crippen molar-refractivity contribution in [2.75, 3.05) is 33.9 Å². The smallest absolute Gasteiger partial charge is 0.331 e. The second-order valence-electron chi connectivity index (χ2n) is 19.9. The predicted molar refractivity (Wildman–Crippen MR) is 242 cm³/mol. The van der Waals surface area contributed by atoms with Gasteiger partial charge >= 0.3 is 17.9 Å². The second-order valence-corrected chi connectivity index (χ2v) is 19.9. The number of aliphatic hydroxyl groups is 1. The molecule has 0 radical (unpaired) electrons. The fourth-order valence-corrected chi connectivity index (χ4v) is 10.7. The molecular weight excluding hydrogens is 841 g/mol. The zero-order valence-electron chi connectivity index (χ0n) is 41.8. The van der Waals surface area contributed by atoms with Crippen LogP contribution < -0.4 is 0 Å². The topological polar surface area (TPSA) is 179 Å². The summed E-state index contributed by atoms with van der Waals surface area (Å²) in [5.74, 6) is -1.94. The average Bonchev–Trinajstić information content (AvgIpc) is 3.24. The number of oxime groups is 1. The van der Waals surface area contributed by atoms with E-state index in [4.69, 9.17) is 53.9 Å². The van der Waals surface area contributed by atoms with E-state index >= 15 is 0 Å². The van der Waals surface area contributed by atoms with Gasteiger partial charge in [-0.1, -0.05) is 46.4 Å². The minimum atomic E-state index is -1.79. The Bertz CT molecular complexity index is 1720. The zero-order valence-corrected chi connectivity index (χ0v) is 41.8. The number of esters is 2. The fraction of sp³-hybridized carbons (Fsp3) is 0.837. The maximum Gasteiger partial charge on any atom is 0.331 e. The SMILES string of the molecule is C#CCCN(C)[C@H]1C[C@@H](C)OC(O[C@@H]2[C@@H](C)[C@H](OC3C[C@@](C)(OC)[C@@H](OC(C)=O)[C@H](C)O3)[C@@H](C)C(=O)O[C@H](CC)[C@@](C)(O)[C@@H]3OCC(=C)CO[C@]2(C)C[C@@H](C)/C(=N\OC(C)=O)[C@@H]3C)[C@@H]1C. The van der Waals surface area contributed by atoms with Crippen LogP contribution in [0.3, 0.4) is 0 Å². The van der Waals surface area contributed by atoms with E-state index in [2.05, 4.69) is 36.5 Å². The first-order chi connectivity index (χ1) is 30.3. The lowest BCUT2D eigenvalue weighted by atomic mass is 9.73. The van der Waals surface area contributed by atoms with Crippen LogP contribution in [0.1, 0.15) is 122 Å². The normalized spacial score (nSPS) is 43.1. The second kappa shape index (κ2) is 22.9. The van der Waals surface area contributed by atoms with Crippen molar-refractivity contribution in [1.82, 2.24) is 4.90 Å². The first-order valence-corrected chi connectivity index (χ1v) is 23.4. The number of cyclic esters (lactones) is 1. The van der Waals surface area contributed by atoms with E-state index in [0.29, 0.717) is 24.3 Å². The van der Waals surface area contributed by atoms with E-state index in [1.54, 1.807) is 27.9 Å². The standard InChI is InChI=1S/C49H80N2O14/c1-18-20-21-51(16)37-22-29(5)59-46(30(37)6)64-42-32(8)41(63-39-24-47(13,56-17)44(34(10)60-39)61-35(11)52)33(9)45(54)62-38(19-2)49(15,55)43-31(7)40(50-65-36(12)53)28(4)23-48(42,14)58-26-27(3)25-57-43/h1,28-34,37-39,41-44,46,55H,3,19-26H2,2,4-17H3/b50-40+/t28-,29-,30-,31+,32+,33-,34+,37+,38-,39?,41+,42-,43-,44+,46?,47-,48-,49-/m1/s1. The summed E-state index contributed by atoms with van der Waals surface area (Å²) in [6.07, 6.45) is 0.353. The van der Waals surface area contributed by atoms with Crippen molar-refractivity contribution < 1.29 is 67.0 Å². The number of fused-ring (bicyclic) bond motifs is 5. The number of methoxy groups -OCH3 is 1. The molecule has 4 heterocycles. The van der Waals surface area contributed by atoms with Crippen molar-refractivity contribution in [2.24, 2.45) is 34.7 Å². The highest BCUT2D eigenvalue weighted by molar-refractivity contribution is 5.89. The quantitative estimate of drug-likeness (QED) is 0.0839. The van der Waals surface area contributed by atoms with Gasteiger partial charge in [0.1, 0.15) is 17.3 Å². The molecule has 65 heavy (non-hydrogen) atoms. The molecule has 4 saturated heterocycles. The van der Waals surface area contributed by atoms with Gasteiger partial charge in [0.25, 0.3) is 0 Å². The van der Waals surface area contributed by atoms with Crippen LogP contribution in [-0.2, 0) is 61.9 Å². The molecule has 4 fully saturated rings. The molecule has 4 rings (SSSR count). The molecule has 0 amide bonds. The average molecular weight is 921 g/mol.